The van der Waals surface area contributed by atoms with Gasteiger partial charge >= 0.3 is 0 Å². The number of tetrazole rings is 1. The van der Waals surface area contributed by atoms with Crippen molar-refractivity contribution >= 4 is 11.7 Å². The lowest BCUT2D eigenvalue weighted by atomic mass is 9.92. The first kappa shape index (κ1) is 20.6. The van der Waals surface area contributed by atoms with Crippen molar-refractivity contribution in [1.82, 2.24) is 35.0 Å². The Morgan fingerprint density at radius 1 is 1.13 bits per heavy atom. The molecule has 2 aromatic heterocycles. The number of amides is 1. The average Bonchev–Trinajstić information content (AvgIpc) is 3.22. The summed E-state index contributed by atoms with van der Waals surface area (Å²) >= 11 is 0. The highest BCUT2D eigenvalue weighted by molar-refractivity contribution is 5.96. The van der Waals surface area contributed by atoms with Crippen LogP contribution in [-0.4, -0.2) is 72.9 Å². The van der Waals surface area contributed by atoms with Gasteiger partial charge in [0.2, 0.25) is 5.91 Å². The van der Waals surface area contributed by atoms with E-state index in [1.807, 2.05) is 6.07 Å². The lowest BCUT2D eigenvalue weighted by Gasteiger charge is -2.32. The summed E-state index contributed by atoms with van der Waals surface area (Å²) in [6.07, 6.45) is 5.58. The number of rotatable bonds is 6. The van der Waals surface area contributed by atoms with E-state index < -0.39 is 0 Å². The van der Waals surface area contributed by atoms with E-state index in [1.54, 1.807) is 27.9 Å². The Kier molecular flexibility index (Phi) is 6.47. The van der Waals surface area contributed by atoms with Gasteiger partial charge in [-0.05, 0) is 67.3 Å². The Bertz CT molecular complexity index is 861. The second-order valence-electron chi connectivity index (χ2n) is 8.47. The van der Waals surface area contributed by atoms with Crippen molar-refractivity contribution in [2.45, 2.75) is 45.7 Å². The number of carbonyl (C=O) groups excluding carboxylic acids is 2. The molecule has 1 atom stereocenters. The van der Waals surface area contributed by atoms with Gasteiger partial charge in [-0.15, -0.1) is 5.10 Å². The maximum Gasteiger partial charge on any atom is 0.244 e. The normalized spacial score (nSPS) is 21.0. The number of nitrogens with zero attached hydrogens (tertiary/aromatic N) is 7. The second kappa shape index (κ2) is 9.42. The number of ketones is 1. The van der Waals surface area contributed by atoms with Gasteiger partial charge in [-0.25, -0.2) is 4.68 Å². The van der Waals surface area contributed by atoms with Crippen molar-refractivity contribution in [2.75, 3.05) is 26.2 Å². The van der Waals surface area contributed by atoms with Gasteiger partial charge < -0.3 is 4.90 Å². The highest BCUT2D eigenvalue weighted by Crippen LogP contribution is 2.21. The molecule has 1 amide bonds. The summed E-state index contributed by atoms with van der Waals surface area (Å²) in [7, 11) is 0. The molecule has 9 heteroatoms. The minimum atomic E-state index is -0.207. The van der Waals surface area contributed by atoms with Crippen molar-refractivity contribution in [3.05, 3.63) is 35.9 Å². The topological polar surface area (TPSA) is 97.1 Å². The molecule has 0 radical (unpaired) electrons. The molecule has 0 aromatic carbocycles. The molecule has 4 heterocycles. The molecule has 2 fully saturated rings. The highest BCUT2D eigenvalue weighted by atomic mass is 16.2. The molecule has 0 spiro atoms. The van der Waals surface area contributed by atoms with Gasteiger partial charge in [0.1, 0.15) is 12.2 Å². The number of hydrogen-bond acceptors (Lipinski definition) is 7. The van der Waals surface area contributed by atoms with Crippen molar-refractivity contribution in [2.24, 2.45) is 11.8 Å². The molecule has 9 nitrogen and oxygen atoms in total. The summed E-state index contributed by atoms with van der Waals surface area (Å²) in [6, 6.07) is 5.34. The van der Waals surface area contributed by atoms with Crippen LogP contribution in [0.1, 0.15) is 48.9 Å². The van der Waals surface area contributed by atoms with E-state index in [0.29, 0.717) is 25.3 Å². The Morgan fingerprint density at radius 3 is 2.73 bits per heavy atom. The molecule has 0 unspecified atom stereocenters. The Balaban J connectivity index is 1.35. The average molecular weight is 412 g/mol. The van der Waals surface area contributed by atoms with Crippen LogP contribution < -0.4 is 0 Å². The van der Waals surface area contributed by atoms with Gasteiger partial charge in [-0.2, -0.15) is 0 Å². The molecule has 0 saturated carbocycles. The van der Waals surface area contributed by atoms with Crippen LogP contribution >= 0.6 is 0 Å². The molecule has 2 aliphatic heterocycles. The third-order valence-electron chi connectivity index (χ3n) is 6.19. The molecule has 0 bridgehead atoms. The Morgan fingerprint density at radius 2 is 1.97 bits per heavy atom. The fourth-order valence-electron chi connectivity index (χ4n) is 4.24. The third-order valence-corrected chi connectivity index (χ3v) is 6.19. The van der Waals surface area contributed by atoms with E-state index in [-0.39, 0.29) is 24.2 Å². The van der Waals surface area contributed by atoms with Crippen LogP contribution in [0.25, 0.3) is 0 Å². The van der Waals surface area contributed by atoms with Crippen molar-refractivity contribution in [1.29, 1.82) is 0 Å². The van der Waals surface area contributed by atoms with E-state index in [4.69, 9.17) is 0 Å². The Hall–Kier alpha value is -2.68. The molecule has 4 rings (SSSR count). The summed E-state index contributed by atoms with van der Waals surface area (Å²) in [5.41, 5.74) is 0.468. The molecule has 2 aliphatic rings. The first-order valence-corrected chi connectivity index (χ1v) is 10.8. The zero-order chi connectivity index (χ0) is 20.9. The van der Waals surface area contributed by atoms with Crippen LogP contribution in [0.3, 0.4) is 0 Å². The zero-order valence-electron chi connectivity index (χ0n) is 17.5. The summed E-state index contributed by atoms with van der Waals surface area (Å²) in [4.78, 5) is 33.9. The second-order valence-corrected chi connectivity index (χ2v) is 8.47. The number of piperidine rings is 2. The van der Waals surface area contributed by atoms with E-state index >= 15 is 0 Å². The molecule has 2 saturated heterocycles. The van der Waals surface area contributed by atoms with Crippen LogP contribution in [0, 0.1) is 11.8 Å². The predicted octanol–water partition coefficient (Wildman–Crippen LogP) is 1.42. The number of carbonyl (C=O) groups is 2. The summed E-state index contributed by atoms with van der Waals surface area (Å²) in [5.74, 6) is 1.24. The number of Topliss-reactive ketones (excluding diaryl/α,β-unsaturated/α-hetero) is 1. The lowest BCUT2D eigenvalue weighted by molar-refractivity contribution is -0.133. The molecule has 30 heavy (non-hydrogen) atoms. The Labute approximate surface area is 176 Å². The van der Waals surface area contributed by atoms with Gasteiger partial charge in [-0.1, -0.05) is 13.0 Å². The fraction of sp³-hybridized carbons (Fsp3) is 0.619. The maximum absolute atomic E-state index is 12.9. The monoisotopic (exact) mass is 411 g/mol. The van der Waals surface area contributed by atoms with E-state index in [9.17, 15) is 9.59 Å². The molecule has 0 aliphatic carbocycles. The van der Waals surface area contributed by atoms with E-state index in [0.717, 1.165) is 37.7 Å². The molecule has 160 valence electrons. The van der Waals surface area contributed by atoms with Gasteiger partial charge in [0.15, 0.2) is 11.6 Å². The van der Waals surface area contributed by atoms with Crippen LogP contribution in [0.15, 0.2) is 24.4 Å². The SMILES string of the molecule is CC1CCN(Cc2nnnn2CC(=O)N2CCC[C@H](C(=O)c3ccccn3)C2)CC1. The first-order valence-electron chi connectivity index (χ1n) is 10.8. The fourth-order valence-corrected chi connectivity index (χ4v) is 4.24. The summed E-state index contributed by atoms with van der Waals surface area (Å²) < 4.78 is 1.60. The van der Waals surface area contributed by atoms with Crippen LogP contribution in [0.4, 0.5) is 0 Å². The summed E-state index contributed by atoms with van der Waals surface area (Å²) in [5, 5.41) is 12.0. The van der Waals surface area contributed by atoms with Crippen LogP contribution in [0.5, 0.6) is 0 Å². The molecule has 0 N–H and O–H groups in total. The van der Waals surface area contributed by atoms with Crippen LogP contribution in [-0.2, 0) is 17.9 Å². The van der Waals surface area contributed by atoms with Crippen LogP contribution in [0.2, 0.25) is 0 Å². The quantitative estimate of drug-likeness (QED) is 0.663. The molecular formula is C21H29N7O2. The maximum atomic E-state index is 12.9. The van der Waals surface area contributed by atoms with Gasteiger partial charge in [-0.3, -0.25) is 19.5 Å². The number of hydrogen-bond donors (Lipinski definition) is 0. The van der Waals surface area contributed by atoms with Crippen molar-refractivity contribution in [3.63, 3.8) is 0 Å². The van der Waals surface area contributed by atoms with Crippen molar-refractivity contribution in [3.8, 4) is 0 Å². The van der Waals surface area contributed by atoms with Gasteiger partial charge in [0, 0.05) is 25.2 Å². The lowest BCUT2D eigenvalue weighted by Crippen LogP contribution is -2.44. The number of likely N-dealkylation sites (tertiary alicyclic amines) is 2. The van der Waals surface area contributed by atoms with E-state index in [2.05, 4.69) is 32.3 Å². The smallest absolute Gasteiger partial charge is 0.244 e. The van der Waals surface area contributed by atoms with Crippen molar-refractivity contribution < 1.29 is 9.59 Å². The first-order chi connectivity index (χ1) is 14.6. The summed E-state index contributed by atoms with van der Waals surface area (Å²) in [6.45, 7) is 6.20. The third kappa shape index (κ3) is 4.89. The number of pyridine rings is 1. The standard InChI is InChI=1S/C21H29N7O2/c1-16-7-11-26(12-8-16)14-19-23-24-25-28(19)15-20(29)27-10-4-5-17(13-27)21(30)18-6-2-3-9-22-18/h2-3,6,9,16-17H,4-5,7-8,10-15H2,1H3/t17-/m0/s1. The zero-order valence-corrected chi connectivity index (χ0v) is 17.5. The van der Waals surface area contributed by atoms with E-state index in [1.165, 1.54) is 12.8 Å². The minimum Gasteiger partial charge on any atom is -0.340 e. The predicted molar refractivity (Wildman–Crippen MR) is 109 cm³/mol. The molecule has 2 aromatic rings. The van der Waals surface area contributed by atoms with Gasteiger partial charge in [0.05, 0.1) is 6.54 Å². The molecular weight excluding hydrogens is 382 g/mol. The highest BCUT2D eigenvalue weighted by Gasteiger charge is 2.30. The number of aromatic nitrogens is 5. The minimum absolute atomic E-state index is 0.00976. The largest absolute Gasteiger partial charge is 0.340 e. The van der Waals surface area contributed by atoms with Gasteiger partial charge in [0.25, 0.3) is 0 Å².